The number of para-hydroxylation sites is 2. The Bertz CT molecular complexity index is 1500. The molecule has 0 spiro atoms. The van der Waals surface area contributed by atoms with Crippen molar-refractivity contribution < 1.29 is 4.74 Å². The highest BCUT2D eigenvalue weighted by Crippen LogP contribution is 2.34. The SMILES string of the molecule is COc1ccccc1-c1nnc(SCc2nc3sc(C)c(C)c3c(=O)[nH]2)n1-c1ccccc1. The van der Waals surface area contributed by atoms with Crippen LogP contribution in [-0.4, -0.2) is 31.8 Å². The van der Waals surface area contributed by atoms with E-state index < -0.39 is 0 Å². The van der Waals surface area contributed by atoms with Crippen molar-refractivity contribution in [2.75, 3.05) is 7.11 Å². The third-order valence-electron chi connectivity index (χ3n) is 5.42. The van der Waals surface area contributed by atoms with Crippen molar-refractivity contribution in [1.82, 2.24) is 24.7 Å². The van der Waals surface area contributed by atoms with Gasteiger partial charge in [-0.05, 0) is 43.7 Å². The van der Waals surface area contributed by atoms with Crippen molar-refractivity contribution in [3.8, 4) is 22.8 Å². The Morgan fingerprint density at radius 2 is 1.82 bits per heavy atom. The number of ether oxygens (including phenoxy) is 1. The molecule has 33 heavy (non-hydrogen) atoms. The molecule has 0 aliphatic rings. The van der Waals surface area contributed by atoms with Crippen LogP contribution in [0.2, 0.25) is 0 Å². The molecule has 0 amide bonds. The zero-order valence-electron chi connectivity index (χ0n) is 18.3. The summed E-state index contributed by atoms with van der Waals surface area (Å²) in [6.45, 7) is 3.97. The standard InChI is InChI=1S/C24H21N5O2S2/c1-14-15(2)33-23-20(14)22(30)25-19(26-23)13-32-24-28-27-21(17-11-7-8-12-18(17)31-3)29(24)16-9-5-4-6-10-16/h4-12H,13H2,1-3H3,(H,25,26,30). The fourth-order valence-corrected chi connectivity index (χ4v) is 5.55. The van der Waals surface area contributed by atoms with Gasteiger partial charge in [-0.15, -0.1) is 21.5 Å². The number of aromatic amines is 1. The fourth-order valence-electron chi connectivity index (χ4n) is 3.68. The molecule has 0 aliphatic carbocycles. The smallest absolute Gasteiger partial charge is 0.259 e. The van der Waals surface area contributed by atoms with E-state index in [1.807, 2.05) is 73.0 Å². The molecule has 0 radical (unpaired) electrons. The lowest BCUT2D eigenvalue weighted by Gasteiger charge is -2.12. The topological polar surface area (TPSA) is 85.7 Å². The number of nitrogens with one attached hydrogen (secondary N) is 1. The minimum Gasteiger partial charge on any atom is -0.496 e. The van der Waals surface area contributed by atoms with E-state index in [2.05, 4.69) is 15.2 Å². The van der Waals surface area contributed by atoms with Crippen LogP contribution in [0.1, 0.15) is 16.3 Å². The molecule has 5 aromatic rings. The molecule has 7 nitrogen and oxygen atoms in total. The van der Waals surface area contributed by atoms with Crippen LogP contribution >= 0.6 is 23.1 Å². The van der Waals surface area contributed by atoms with E-state index in [-0.39, 0.29) is 5.56 Å². The van der Waals surface area contributed by atoms with Gasteiger partial charge in [0.15, 0.2) is 11.0 Å². The van der Waals surface area contributed by atoms with Crippen LogP contribution in [0.25, 0.3) is 27.3 Å². The number of rotatable bonds is 6. The average Bonchev–Trinajstić information content (AvgIpc) is 3.38. The Morgan fingerprint density at radius 3 is 2.61 bits per heavy atom. The van der Waals surface area contributed by atoms with Crippen molar-refractivity contribution in [1.29, 1.82) is 0 Å². The van der Waals surface area contributed by atoms with Crippen molar-refractivity contribution in [2.24, 2.45) is 0 Å². The van der Waals surface area contributed by atoms with Gasteiger partial charge in [0.1, 0.15) is 16.4 Å². The minimum atomic E-state index is -0.100. The minimum absolute atomic E-state index is 0.100. The zero-order chi connectivity index (χ0) is 22.9. The molecule has 0 saturated heterocycles. The summed E-state index contributed by atoms with van der Waals surface area (Å²) < 4.78 is 7.56. The molecule has 1 N–H and O–H groups in total. The van der Waals surface area contributed by atoms with Crippen LogP contribution in [0, 0.1) is 13.8 Å². The third-order valence-corrected chi connectivity index (χ3v) is 7.46. The summed E-state index contributed by atoms with van der Waals surface area (Å²) in [6.07, 6.45) is 0. The van der Waals surface area contributed by atoms with Crippen LogP contribution in [-0.2, 0) is 5.75 Å². The van der Waals surface area contributed by atoms with E-state index in [0.29, 0.717) is 27.9 Å². The molecular formula is C24H21N5O2S2. The molecule has 0 bridgehead atoms. The highest BCUT2D eigenvalue weighted by atomic mass is 32.2. The molecule has 5 rings (SSSR count). The summed E-state index contributed by atoms with van der Waals surface area (Å²) in [5.41, 5.74) is 2.68. The van der Waals surface area contributed by atoms with E-state index in [4.69, 9.17) is 9.72 Å². The van der Waals surface area contributed by atoms with Gasteiger partial charge < -0.3 is 9.72 Å². The predicted octanol–water partition coefficient (Wildman–Crippen LogP) is 5.15. The number of hydrogen-bond acceptors (Lipinski definition) is 7. The van der Waals surface area contributed by atoms with Crippen LogP contribution in [0.15, 0.2) is 64.5 Å². The van der Waals surface area contributed by atoms with Crippen LogP contribution in [0.5, 0.6) is 5.75 Å². The first-order chi connectivity index (χ1) is 16.1. The van der Waals surface area contributed by atoms with Crippen molar-refractivity contribution in [3.05, 3.63) is 81.2 Å². The maximum atomic E-state index is 12.6. The van der Waals surface area contributed by atoms with E-state index in [1.54, 1.807) is 18.4 Å². The molecule has 3 heterocycles. The fraction of sp³-hybridized carbons (Fsp3) is 0.167. The molecule has 166 valence electrons. The molecule has 0 saturated carbocycles. The lowest BCUT2D eigenvalue weighted by molar-refractivity contribution is 0.416. The number of aromatic nitrogens is 5. The number of nitrogens with zero attached hydrogens (tertiary/aromatic N) is 4. The number of hydrogen-bond donors (Lipinski definition) is 1. The molecule has 0 atom stereocenters. The molecule has 0 fully saturated rings. The molecular weight excluding hydrogens is 454 g/mol. The first-order valence-corrected chi connectivity index (χ1v) is 12.1. The average molecular weight is 476 g/mol. The Morgan fingerprint density at radius 1 is 1.06 bits per heavy atom. The van der Waals surface area contributed by atoms with Gasteiger partial charge in [-0.3, -0.25) is 9.36 Å². The summed E-state index contributed by atoms with van der Waals surface area (Å²) in [6, 6.07) is 17.7. The monoisotopic (exact) mass is 475 g/mol. The number of fused-ring (bicyclic) bond motifs is 1. The number of H-pyrrole nitrogens is 1. The van der Waals surface area contributed by atoms with Crippen molar-refractivity contribution >= 4 is 33.3 Å². The maximum Gasteiger partial charge on any atom is 0.259 e. The van der Waals surface area contributed by atoms with Gasteiger partial charge in [0.05, 0.1) is 23.8 Å². The number of aryl methyl sites for hydroxylation is 2. The van der Waals surface area contributed by atoms with E-state index in [0.717, 1.165) is 32.3 Å². The first kappa shape index (κ1) is 21.4. The summed E-state index contributed by atoms with van der Waals surface area (Å²) in [4.78, 5) is 22.1. The van der Waals surface area contributed by atoms with E-state index in [9.17, 15) is 4.79 Å². The summed E-state index contributed by atoms with van der Waals surface area (Å²) >= 11 is 3.02. The Balaban J connectivity index is 1.55. The molecule has 9 heteroatoms. The third kappa shape index (κ3) is 3.94. The van der Waals surface area contributed by atoms with Gasteiger partial charge in [0.2, 0.25) is 0 Å². The Labute approximate surface area is 198 Å². The summed E-state index contributed by atoms with van der Waals surface area (Å²) in [5, 5.41) is 10.3. The summed E-state index contributed by atoms with van der Waals surface area (Å²) in [5.74, 6) is 2.47. The van der Waals surface area contributed by atoms with Gasteiger partial charge in [-0.1, -0.05) is 42.1 Å². The second-order valence-electron chi connectivity index (χ2n) is 7.44. The van der Waals surface area contributed by atoms with Gasteiger partial charge in [-0.2, -0.15) is 0 Å². The molecule has 0 aliphatic heterocycles. The largest absolute Gasteiger partial charge is 0.496 e. The summed E-state index contributed by atoms with van der Waals surface area (Å²) in [7, 11) is 1.64. The van der Waals surface area contributed by atoms with E-state index in [1.165, 1.54) is 11.8 Å². The number of thiophene rings is 1. The van der Waals surface area contributed by atoms with Crippen LogP contribution in [0.4, 0.5) is 0 Å². The Hall–Kier alpha value is -3.43. The predicted molar refractivity (Wildman–Crippen MR) is 133 cm³/mol. The van der Waals surface area contributed by atoms with Crippen molar-refractivity contribution in [3.63, 3.8) is 0 Å². The van der Waals surface area contributed by atoms with E-state index >= 15 is 0 Å². The van der Waals surface area contributed by atoms with Gasteiger partial charge >= 0.3 is 0 Å². The molecule has 2 aromatic carbocycles. The van der Waals surface area contributed by atoms with Gasteiger partial charge in [0, 0.05) is 10.6 Å². The first-order valence-electron chi connectivity index (χ1n) is 10.3. The lowest BCUT2D eigenvalue weighted by Crippen LogP contribution is -2.11. The van der Waals surface area contributed by atoms with Crippen LogP contribution < -0.4 is 10.3 Å². The highest BCUT2D eigenvalue weighted by molar-refractivity contribution is 7.98. The molecule has 3 aromatic heterocycles. The van der Waals surface area contributed by atoms with Gasteiger partial charge in [-0.25, -0.2) is 4.98 Å². The normalized spacial score (nSPS) is 11.2. The number of methoxy groups -OCH3 is 1. The second kappa shape index (κ2) is 8.84. The zero-order valence-corrected chi connectivity index (χ0v) is 20.0. The lowest BCUT2D eigenvalue weighted by atomic mass is 10.2. The van der Waals surface area contributed by atoms with Crippen molar-refractivity contribution in [2.45, 2.75) is 24.8 Å². The molecule has 0 unspecified atom stereocenters. The maximum absolute atomic E-state index is 12.6. The highest BCUT2D eigenvalue weighted by Gasteiger charge is 2.19. The Kier molecular flexibility index (Phi) is 5.74. The second-order valence-corrected chi connectivity index (χ2v) is 9.59. The number of benzene rings is 2. The number of thioether (sulfide) groups is 1. The van der Waals surface area contributed by atoms with Gasteiger partial charge in [0.25, 0.3) is 5.56 Å². The van der Waals surface area contributed by atoms with Crippen LogP contribution in [0.3, 0.4) is 0 Å². The quantitative estimate of drug-likeness (QED) is 0.342.